The highest BCUT2D eigenvalue weighted by Gasteiger charge is 2.25. The second kappa shape index (κ2) is 7.31. The molecule has 0 aromatic heterocycles. The van der Waals surface area contributed by atoms with Crippen LogP contribution in [-0.4, -0.2) is 48.8 Å². The molecule has 1 amide bonds. The van der Waals surface area contributed by atoms with Crippen molar-refractivity contribution in [3.8, 4) is 5.75 Å². The molecule has 6 heteroatoms. The lowest BCUT2D eigenvalue weighted by molar-refractivity contribution is -0.118. The molecular formula is C16H23ClN2O3. The zero-order valence-electron chi connectivity index (χ0n) is 13.2. The molecule has 2 unspecified atom stereocenters. The maximum Gasteiger partial charge on any atom is 0.238 e. The first-order valence-electron chi connectivity index (χ1n) is 7.45. The summed E-state index contributed by atoms with van der Waals surface area (Å²) in [6.07, 6.45) is 0.534. The van der Waals surface area contributed by atoms with Crippen molar-refractivity contribution in [3.63, 3.8) is 0 Å². The van der Waals surface area contributed by atoms with Gasteiger partial charge in [0.05, 0.1) is 25.4 Å². The third-order valence-electron chi connectivity index (χ3n) is 4.12. The van der Waals surface area contributed by atoms with Gasteiger partial charge in [0.2, 0.25) is 5.91 Å². The Morgan fingerprint density at radius 3 is 2.91 bits per heavy atom. The minimum absolute atomic E-state index is 0.123. The number of amides is 1. The predicted octanol–water partition coefficient (Wildman–Crippen LogP) is 2.30. The molecule has 122 valence electrons. The van der Waals surface area contributed by atoms with Crippen LogP contribution in [-0.2, 0) is 4.79 Å². The lowest BCUT2D eigenvalue weighted by Crippen LogP contribution is -2.45. The van der Waals surface area contributed by atoms with Crippen LogP contribution in [0.1, 0.15) is 18.9 Å². The Morgan fingerprint density at radius 2 is 2.27 bits per heavy atom. The van der Waals surface area contributed by atoms with Crippen LogP contribution in [0.5, 0.6) is 5.75 Å². The van der Waals surface area contributed by atoms with E-state index in [1.807, 2.05) is 18.7 Å². The summed E-state index contributed by atoms with van der Waals surface area (Å²) in [7, 11) is 1.54. The zero-order valence-corrected chi connectivity index (χ0v) is 14.0. The number of carbonyl (C=O) groups is 1. The molecule has 1 saturated heterocycles. The van der Waals surface area contributed by atoms with Crippen molar-refractivity contribution < 1.29 is 14.6 Å². The van der Waals surface area contributed by atoms with Crippen LogP contribution in [0.25, 0.3) is 0 Å². The average molecular weight is 327 g/mol. The van der Waals surface area contributed by atoms with E-state index >= 15 is 0 Å². The van der Waals surface area contributed by atoms with Gasteiger partial charge in [-0.3, -0.25) is 9.69 Å². The number of aryl methyl sites for hydroxylation is 1. The zero-order chi connectivity index (χ0) is 16.3. The SMILES string of the molecule is COc1cc(Cl)c(C)cc1NC(=O)CN1CCC(C)C(O)C1. The number of aliphatic hydroxyl groups excluding tert-OH is 1. The number of ether oxygens (including phenoxy) is 1. The Kier molecular flexibility index (Phi) is 5.67. The van der Waals surface area contributed by atoms with Crippen LogP contribution in [0.15, 0.2) is 12.1 Å². The van der Waals surface area contributed by atoms with Gasteiger partial charge in [0.25, 0.3) is 0 Å². The summed E-state index contributed by atoms with van der Waals surface area (Å²) < 4.78 is 5.25. The molecule has 22 heavy (non-hydrogen) atoms. The number of aliphatic hydroxyl groups is 1. The lowest BCUT2D eigenvalue weighted by Gasteiger charge is -2.33. The second-order valence-corrected chi connectivity index (χ2v) is 6.33. The van der Waals surface area contributed by atoms with Gasteiger partial charge in [-0.15, -0.1) is 0 Å². The number of anilines is 1. The number of nitrogens with zero attached hydrogens (tertiary/aromatic N) is 1. The van der Waals surface area contributed by atoms with Crippen molar-refractivity contribution in [1.29, 1.82) is 0 Å². The number of β-amino-alcohol motifs (C(OH)–C–C–N with tert-alkyl or cyclic N) is 1. The van der Waals surface area contributed by atoms with Crippen LogP contribution < -0.4 is 10.1 Å². The number of rotatable bonds is 4. The van der Waals surface area contributed by atoms with Crippen LogP contribution in [0.4, 0.5) is 5.69 Å². The van der Waals surface area contributed by atoms with Crippen molar-refractivity contribution in [2.75, 3.05) is 32.1 Å². The summed E-state index contributed by atoms with van der Waals surface area (Å²) in [5.74, 6) is 0.705. The fraction of sp³-hybridized carbons (Fsp3) is 0.562. The van der Waals surface area contributed by atoms with E-state index in [1.165, 1.54) is 0 Å². The van der Waals surface area contributed by atoms with Gasteiger partial charge in [0.15, 0.2) is 0 Å². The predicted molar refractivity (Wildman–Crippen MR) is 87.6 cm³/mol. The van der Waals surface area contributed by atoms with Crippen LogP contribution in [0, 0.1) is 12.8 Å². The Hall–Kier alpha value is -1.30. The van der Waals surface area contributed by atoms with Crippen molar-refractivity contribution in [2.45, 2.75) is 26.4 Å². The fourth-order valence-corrected chi connectivity index (χ4v) is 2.73. The molecule has 1 aliphatic heterocycles. The monoisotopic (exact) mass is 326 g/mol. The molecule has 1 fully saturated rings. The summed E-state index contributed by atoms with van der Waals surface area (Å²) in [5, 5.41) is 13.3. The summed E-state index contributed by atoms with van der Waals surface area (Å²) in [6.45, 7) is 5.52. The maximum atomic E-state index is 12.2. The highest BCUT2D eigenvalue weighted by atomic mass is 35.5. The van der Waals surface area contributed by atoms with E-state index in [0.717, 1.165) is 18.5 Å². The van der Waals surface area contributed by atoms with E-state index in [-0.39, 0.29) is 18.6 Å². The Balaban J connectivity index is 1.99. The van der Waals surface area contributed by atoms with Crippen LogP contribution >= 0.6 is 11.6 Å². The molecule has 0 spiro atoms. The molecule has 2 N–H and O–H groups in total. The fourth-order valence-electron chi connectivity index (χ4n) is 2.58. The average Bonchev–Trinajstić information content (AvgIpc) is 2.46. The Bertz CT molecular complexity index is 550. The molecule has 1 aromatic rings. The first kappa shape index (κ1) is 17.1. The largest absolute Gasteiger partial charge is 0.495 e. The summed E-state index contributed by atoms with van der Waals surface area (Å²) in [5.41, 5.74) is 1.49. The van der Waals surface area contributed by atoms with Gasteiger partial charge < -0.3 is 15.2 Å². The minimum atomic E-state index is -0.367. The highest BCUT2D eigenvalue weighted by molar-refractivity contribution is 6.31. The molecule has 1 aromatic carbocycles. The first-order chi connectivity index (χ1) is 10.4. The summed E-state index contributed by atoms with van der Waals surface area (Å²) >= 11 is 6.06. The number of benzene rings is 1. The smallest absolute Gasteiger partial charge is 0.238 e. The van der Waals surface area contributed by atoms with Gasteiger partial charge in [0, 0.05) is 17.6 Å². The topological polar surface area (TPSA) is 61.8 Å². The molecule has 0 saturated carbocycles. The van der Waals surface area contributed by atoms with E-state index in [1.54, 1.807) is 19.2 Å². The van der Waals surface area contributed by atoms with Crippen molar-refractivity contribution in [2.24, 2.45) is 5.92 Å². The third kappa shape index (κ3) is 4.12. The van der Waals surface area contributed by atoms with E-state index < -0.39 is 0 Å². The standard InChI is InChI=1S/C16H23ClN2O3/c1-10-4-5-19(8-14(10)20)9-16(21)18-13-6-11(2)12(17)7-15(13)22-3/h6-7,10,14,20H,4-5,8-9H2,1-3H3,(H,18,21). The highest BCUT2D eigenvalue weighted by Crippen LogP contribution is 2.31. The van der Waals surface area contributed by atoms with Gasteiger partial charge in [-0.1, -0.05) is 18.5 Å². The molecule has 0 radical (unpaired) electrons. The van der Waals surface area contributed by atoms with Gasteiger partial charge in [0.1, 0.15) is 5.75 Å². The molecule has 0 bridgehead atoms. The molecular weight excluding hydrogens is 304 g/mol. The molecule has 0 aliphatic carbocycles. The van der Waals surface area contributed by atoms with E-state index in [2.05, 4.69) is 5.32 Å². The molecule has 2 atom stereocenters. The number of carbonyl (C=O) groups excluding carboxylic acids is 1. The van der Waals surface area contributed by atoms with Crippen molar-refractivity contribution in [1.82, 2.24) is 4.90 Å². The normalized spacial score (nSPS) is 22.4. The van der Waals surface area contributed by atoms with Gasteiger partial charge in [-0.2, -0.15) is 0 Å². The second-order valence-electron chi connectivity index (χ2n) is 5.92. The van der Waals surface area contributed by atoms with E-state index in [4.69, 9.17) is 16.3 Å². The number of methoxy groups -OCH3 is 1. The quantitative estimate of drug-likeness (QED) is 0.891. The number of piperidine rings is 1. The van der Waals surface area contributed by atoms with E-state index in [9.17, 15) is 9.90 Å². The molecule has 1 aliphatic rings. The molecule has 1 heterocycles. The number of hydrogen-bond acceptors (Lipinski definition) is 4. The minimum Gasteiger partial charge on any atom is -0.495 e. The number of hydrogen-bond donors (Lipinski definition) is 2. The van der Waals surface area contributed by atoms with E-state index in [0.29, 0.717) is 28.9 Å². The number of nitrogens with one attached hydrogen (secondary N) is 1. The Morgan fingerprint density at radius 1 is 1.55 bits per heavy atom. The number of halogens is 1. The summed E-state index contributed by atoms with van der Waals surface area (Å²) in [6, 6.07) is 3.49. The molecule has 5 nitrogen and oxygen atoms in total. The van der Waals surface area contributed by atoms with Gasteiger partial charge in [-0.25, -0.2) is 0 Å². The van der Waals surface area contributed by atoms with Gasteiger partial charge in [-0.05, 0) is 37.4 Å². The van der Waals surface area contributed by atoms with Crippen LogP contribution in [0.2, 0.25) is 5.02 Å². The summed E-state index contributed by atoms with van der Waals surface area (Å²) in [4.78, 5) is 14.2. The van der Waals surface area contributed by atoms with Crippen molar-refractivity contribution >= 4 is 23.2 Å². The van der Waals surface area contributed by atoms with Crippen LogP contribution in [0.3, 0.4) is 0 Å². The number of likely N-dealkylation sites (tertiary alicyclic amines) is 1. The van der Waals surface area contributed by atoms with Crippen molar-refractivity contribution in [3.05, 3.63) is 22.7 Å². The third-order valence-corrected chi connectivity index (χ3v) is 4.53. The molecule has 2 rings (SSSR count). The lowest BCUT2D eigenvalue weighted by atomic mass is 9.96. The first-order valence-corrected chi connectivity index (χ1v) is 7.83. The maximum absolute atomic E-state index is 12.2. The Labute approximate surface area is 136 Å². The van der Waals surface area contributed by atoms with Gasteiger partial charge >= 0.3 is 0 Å².